The molecule has 0 aliphatic heterocycles. The van der Waals surface area contributed by atoms with Crippen LogP contribution in [0.15, 0.2) is 66.7 Å². The highest BCUT2D eigenvalue weighted by atomic mass is 32.2. The maximum atomic E-state index is 13.7. The minimum absolute atomic E-state index is 0.0191. The number of hydrogen-bond donors (Lipinski definition) is 1. The van der Waals surface area contributed by atoms with Gasteiger partial charge < -0.3 is 0 Å². The first-order valence-electron chi connectivity index (χ1n) is 12.4. The van der Waals surface area contributed by atoms with Crippen LogP contribution in [0.4, 0.5) is 13.2 Å². The Bertz CT molecular complexity index is 1190. The second-order valence-corrected chi connectivity index (χ2v) is 10.2. The number of benzene rings is 3. The minimum atomic E-state index is -4.55. The average molecular weight is 509 g/mol. The molecule has 2 nitrogen and oxygen atoms in total. The molecule has 0 aromatic heterocycles. The van der Waals surface area contributed by atoms with Crippen molar-refractivity contribution in [2.24, 2.45) is 5.92 Å². The van der Waals surface area contributed by atoms with E-state index in [1.54, 1.807) is 24.1 Å². The van der Waals surface area contributed by atoms with Crippen molar-refractivity contribution in [2.75, 3.05) is 6.26 Å². The van der Waals surface area contributed by atoms with Crippen LogP contribution in [-0.2, 0) is 19.1 Å². The number of nitrogens with zero attached hydrogens (tertiary/aromatic N) is 1. The second-order valence-electron chi connectivity index (χ2n) is 9.55. The van der Waals surface area contributed by atoms with Crippen molar-refractivity contribution in [1.82, 2.24) is 4.72 Å². The highest BCUT2D eigenvalue weighted by molar-refractivity contribution is 7.96. The maximum Gasteiger partial charge on any atom is 0.417 e. The van der Waals surface area contributed by atoms with E-state index in [2.05, 4.69) is 47.2 Å². The molecule has 6 heteroatoms. The highest BCUT2D eigenvalue weighted by Crippen LogP contribution is 2.41. The molecule has 1 fully saturated rings. The van der Waals surface area contributed by atoms with Crippen LogP contribution >= 0.6 is 11.9 Å². The summed E-state index contributed by atoms with van der Waals surface area (Å²) in [5.41, 5.74) is 4.10. The molecular formula is C30H31F3N2S. The summed E-state index contributed by atoms with van der Waals surface area (Å²) >= 11 is 1.59. The number of hydrogen-bond acceptors (Lipinski definition) is 3. The highest BCUT2D eigenvalue weighted by Gasteiger charge is 2.35. The molecule has 1 aliphatic rings. The number of nitriles is 1. The van der Waals surface area contributed by atoms with E-state index in [1.807, 2.05) is 12.3 Å². The molecule has 36 heavy (non-hydrogen) atoms. The van der Waals surface area contributed by atoms with Crippen molar-refractivity contribution in [3.63, 3.8) is 0 Å². The monoisotopic (exact) mass is 508 g/mol. The molecule has 0 saturated heterocycles. The summed E-state index contributed by atoms with van der Waals surface area (Å²) in [5, 5.41) is 9.24. The smallest absolute Gasteiger partial charge is 0.260 e. The Morgan fingerprint density at radius 2 is 1.69 bits per heavy atom. The van der Waals surface area contributed by atoms with E-state index in [0.29, 0.717) is 17.9 Å². The summed E-state index contributed by atoms with van der Waals surface area (Å²) in [6, 6.07) is 22.8. The van der Waals surface area contributed by atoms with E-state index in [1.165, 1.54) is 24.1 Å². The van der Waals surface area contributed by atoms with Crippen LogP contribution in [0, 0.1) is 17.2 Å². The predicted molar refractivity (Wildman–Crippen MR) is 141 cm³/mol. The van der Waals surface area contributed by atoms with Gasteiger partial charge in [-0.15, -0.1) is 0 Å². The van der Waals surface area contributed by atoms with Crippen LogP contribution in [0.3, 0.4) is 0 Å². The van der Waals surface area contributed by atoms with Gasteiger partial charge in [0.25, 0.3) is 0 Å². The van der Waals surface area contributed by atoms with Gasteiger partial charge in [0, 0.05) is 6.54 Å². The third-order valence-electron chi connectivity index (χ3n) is 7.21. The fraction of sp³-hybridized carbons (Fsp3) is 0.367. The Morgan fingerprint density at radius 1 is 0.944 bits per heavy atom. The number of halogens is 3. The van der Waals surface area contributed by atoms with E-state index in [9.17, 15) is 18.4 Å². The van der Waals surface area contributed by atoms with Crippen molar-refractivity contribution in [2.45, 2.75) is 57.2 Å². The lowest BCUT2D eigenvalue weighted by Gasteiger charge is -2.31. The van der Waals surface area contributed by atoms with Gasteiger partial charge in [0.2, 0.25) is 0 Å². The molecule has 1 unspecified atom stereocenters. The van der Waals surface area contributed by atoms with Gasteiger partial charge in [-0.1, -0.05) is 85.8 Å². The van der Waals surface area contributed by atoms with Crippen LogP contribution in [0.1, 0.15) is 65.8 Å². The molecule has 0 bridgehead atoms. The Morgan fingerprint density at radius 3 is 2.36 bits per heavy atom. The van der Waals surface area contributed by atoms with Gasteiger partial charge in [0.1, 0.15) is 0 Å². The Hall–Kier alpha value is -2.75. The summed E-state index contributed by atoms with van der Waals surface area (Å²) in [6.07, 6.45) is 3.59. The molecule has 3 aromatic rings. The molecule has 1 atom stereocenters. The largest absolute Gasteiger partial charge is 0.417 e. The summed E-state index contributed by atoms with van der Waals surface area (Å²) in [6.45, 7) is 0.801. The normalized spacial score (nSPS) is 15.4. The van der Waals surface area contributed by atoms with E-state index in [-0.39, 0.29) is 11.5 Å². The number of rotatable bonds is 8. The second kappa shape index (κ2) is 12.0. The zero-order valence-electron chi connectivity index (χ0n) is 20.4. The SMILES string of the molecule is CSNCc1ccc(-c2cccc(CC(c3ccc(C#N)c(C(F)(F)F)c3)C3CCCCC3)c2)cc1. The lowest BCUT2D eigenvalue weighted by molar-refractivity contribution is -0.137. The molecule has 0 amide bonds. The summed E-state index contributed by atoms with van der Waals surface area (Å²) in [4.78, 5) is 0. The molecule has 3 aromatic carbocycles. The van der Waals surface area contributed by atoms with Gasteiger partial charge in [-0.2, -0.15) is 18.4 Å². The van der Waals surface area contributed by atoms with Gasteiger partial charge >= 0.3 is 6.18 Å². The van der Waals surface area contributed by atoms with E-state index < -0.39 is 11.7 Å². The van der Waals surface area contributed by atoms with Crippen LogP contribution < -0.4 is 4.72 Å². The molecule has 188 valence electrons. The fourth-order valence-corrected chi connectivity index (χ4v) is 5.63. The van der Waals surface area contributed by atoms with Crippen molar-refractivity contribution in [1.29, 1.82) is 5.26 Å². The molecule has 0 heterocycles. The van der Waals surface area contributed by atoms with Crippen LogP contribution in [0.25, 0.3) is 11.1 Å². The van der Waals surface area contributed by atoms with Gasteiger partial charge in [-0.25, -0.2) is 0 Å². The van der Waals surface area contributed by atoms with Crippen molar-refractivity contribution < 1.29 is 13.2 Å². The lowest BCUT2D eigenvalue weighted by atomic mass is 9.73. The van der Waals surface area contributed by atoms with Gasteiger partial charge in [0.15, 0.2) is 0 Å². The summed E-state index contributed by atoms with van der Waals surface area (Å²) in [7, 11) is 0. The molecule has 4 rings (SSSR count). The van der Waals surface area contributed by atoms with E-state index >= 15 is 0 Å². The van der Waals surface area contributed by atoms with Crippen LogP contribution in [-0.4, -0.2) is 6.26 Å². The molecule has 0 radical (unpaired) electrons. The van der Waals surface area contributed by atoms with Crippen molar-refractivity contribution in [3.05, 3.63) is 94.5 Å². The molecule has 1 saturated carbocycles. The predicted octanol–water partition coefficient (Wildman–Crippen LogP) is 8.52. The molecular weight excluding hydrogens is 477 g/mol. The quantitative estimate of drug-likeness (QED) is 0.310. The Balaban J connectivity index is 1.64. The molecule has 1 aliphatic carbocycles. The third kappa shape index (κ3) is 6.52. The topological polar surface area (TPSA) is 35.8 Å². The lowest BCUT2D eigenvalue weighted by Crippen LogP contribution is -2.20. The first-order valence-corrected chi connectivity index (χ1v) is 13.7. The Labute approximate surface area is 216 Å². The summed E-state index contributed by atoms with van der Waals surface area (Å²) in [5.74, 6) is 0.314. The van der Waals surface area contributed by atoms with Crippen LogP contribution in [0.2, 0.25) is 0 Å². The van der Waals surface area contributed by atoms with Crippen molar-refractivity contribution in [3.8, 4) is 17.2 Å². The third-order valence-corrected chi connectivity index (χ3v) is 7.64. The van der Waals surface area contributed by atoms with Gasteiger partial charge in [-0.05, 0) is 77.3 Å². The van der Waals surface area contributed by atoms with E-state index in [4.69, 9.17) is 0 Å². The maximum absolute atomic E-state index is 13.7. The number of alkyl halides is 3. The molecule has 0 spiro atoms. The summed E-state index contributed by atoms with van der Waals surface area (Å²) < 4.78 is 44.4. The van der Waals surface area contributed by atoms with Gasteiger partial charge in [-0.3, -0.25) is 4.72 Å². The first kappa shape index (κ1) is 26.3. The van der Waals surface area contributed by atoms with Crippen LogP contribution in [0.5, 0.6) is 0 Å². The molecule has 1 N–H and O–H groups in total. The average Bonchev–Trinajstić information content (AvgIpc) is 2.90. The Kier molecular flexibility index (Phi) is 8.77. The van der Waals surface area contributed by atoms with Crippen molar-refractivity contribution >= 4 is 11.9 Å². The zero-order valence-corrected chi connectivity index (χ0v) is 21.3. The number of nitrogens with one attached hydrogen (secondary N) is 1. The van der Waals surface area contributed by atoms with E-state index in [0.717, 1.165) is 48.9 Å². The minimum Gasteiger partial charge on any atom is -0.260 e. The first-order chi connectivity index (χ1) is 17.4. The zero-order chi connectivity index (χ0) is 25.5. The van der Waals surface area contributed by atoms with Gasteiger partial charge in [0.05, 0.1) is 17.2 Å². The standard InChI is InChI=1S/C30H31F3N2S/c1-36-35-20-21-10-12-23(13-11-21)25-9-5-6-22(16-25)17-28(24-7-3-2-4-8-24)26-14-15-27(19-34)29(18-26)30(31,32)33/h5-6,9-16,18,24,28,35H,2-4,7-8,17,20H2,1H3. The fourth-order valence-electron chi connectivity index (χ4n) is 5.32.